The molecule has 0 amide bonds. The van der Waals surface area contributed by atoms with Crippen LogP contribution in [0.15, 0.2) is 18.3 Å². The van der Waals surface area contributed by atoms with Crippen LogP contribution in [0.4, 0.5) is 5.82 Å². The molecule has 1 saturated heterocycles. The Morgan fingerprint density at radius 2 is 2.35 bits per heavy atom. The average molecular weight is 233 g/mol. The first kappa shape index (κ1) is 11.0. The van der Waals surface area contributed by atoms with Crippen LogP contribution in [0.25, 0.3) is 0 Å². The van der Waals surface area contributed by atoms with Gasteiger partial charge in [-0.25, -0.2) is 4.98 Å². The number of β-amino-alcohol motifs (C(OH)–C–C–N with tert-alkyl or cyclic N) is 1. The number of aromatic nitrogens is 1. The maximum Gasteiger partial charge on any atom is 0.126 e. The van der Waals surface area contributed by atoms with Gasteiger partial charge in [0.2, 0.25) is 0 Å². The number of pyridine rings is 1. The van der Waals surface area contributed by atoms with Gasteiger partial charge in [0, 0.05) is 31.7 Å². The minimum Gasteiger partial charge on any atom is -0.388 e. The summed E-state index contributed by atoms with van der Waals surface area (Å²) in [5.74, 6) is 0.547. The maximum atomic E-state index is 10.6. The Morgan fingerprint density at radius 3 is 3.06 bits per heavy atom. The van der Waals surface area contributed by atoms with E-state index in [2.05, 4.69) is 9.88 Å². The lowest BCUT2D eigenvalue weighted by molar-refractivity contribution is 0.0488. The number of nitrogens with zero attached hydrogens (tertiary/aromatic N) is 2. The molecule has 1 unspecified atom stereocenters. The number of nitrogens with two attached hydrogens (primary N) is 1. The molecule has 2 aliphatic rings. The van der Waals surface area contributed by atoms with Crippen molar-refractivity contribution < 1.29 is 5.11 Å². The summed E-state index contributed by atoms with van der Waals surface area (Å²) >= 11 is 0. The number of likely N-dealkylation sites (tertiary alicyclic amines) is 1. The summed E-state index contributed by atoms with van der Waals surface area (Å²) in [6.07, 6.45) is 5.75. The van der Waals surface area contributed by atoms with Crippen molar-refractivity contribution in [3.05, 3.63) is 23.9 Å². The van der Waals surface area contributed by atoms with Gasteiger partial charge < -0.3 is 10.8 Å². The van der Waals surface area contributed by atoms with E-state index < -0.39 is 5.60 Å². The summed E-state index contributed by atoms with van der Waals surface area (Å²) in [5, 5.41) is 10.6. The van der Waals surface area contributed by atoms with Gasteiger partial charge in [0.1, 0.15) is 5.82 Å². The molecular formula is C13H19N3O. The van der Waals surface area contributed by atoms with Crippen molar-refractivity contribution in [3.8, 4) is 0 Å². The predicted octanol–water partition coefficient (Wildman–Crippen LogP) is 0.805. The molecule has 2 heterocycles. The fourth-order valence-corrected chi connectivity index (χ4v) is 2.74. The van der Waals surface area contributed by atoms with E-state index in [9.17, 15) is 5.11 Å². The van der Waals surface area contributed by atoms with Crippen molar-refractivity contribution in [2.24, 2.45) is 0 Å². The first-order chi connectivity index (χ1) is 8.16. The summed E-state index contributed by atoms with van der Waals surface area (Å²) in [6.45, 7) is 1.80. The third kappa shape index (κ3) is 2.28. The van der Waals surface area contributed by atoms with Crippen molar-refractivity contribution in [2.75, 3.05) is 18.8 Å². The summed E-state index contributed by atoms with van der Waals surface area (Å²) < 4.78 is 0. The highest BCUT2D eigenvalue weighted by Gasteiger charge is 2.42. The molecular weight excluding hydrogens is 214 g/mol. The van der Waals surface area contributed by atoms with E-state index in [-0.39, 0.29) is 0 Å². The number of hydrogen-bond donors (Lipinski definition) is 2. The van der Waals surface area contributed by atoms with Gasteiger partial charge in [-0.2, -0.15) is 0 Å². The lowest BCUT2D eigenvalue weighted by Crippen LogP contribution is -2.36. The molecule has 17 heavy (non-hydrogen) atoms. The molecule has 0 radical (unpaired) electrons. The van der Waals surface area contributed by atoms with Crippen LogP contribution in [0.5, 0.6) is 0 Å². The largest absolute Gasteiger partial charge is 0.388 e. The smallest absolute Gasteiger partial charge is 0.126 e. The summed E-state index contributed by atoms with van der Waals surface area (Å²) in [6, 6.07) is 4.57. The quantitative estimate of drug-likeness (QED) is 0.811. The highest BCUT2D eigenvalue weighted by atomic mass is 16.3. The first-order valence-electron chi connectivity index (χ1n) is 6.32. The molecule has 0 aromatic carbocycles. The predicted molar refractivity (Wildman–Crippen MR) is 66.5 cm³/mol. The molecule has 4 nitrogen and oxygen atoms in total. The minimum atomic E-state index is -0.611. The van der Waals surface area contributed by atoms with Crippen LogP contribution in [0.1, 0.15) is 24.8 Å². The molecule has 0 bridgehead atoms. The zero-order chi connectivity index (χ0) is 11.9. The molecule has 1 aliphatic carbocycles. The molecule has 3 N–H and O–H groups in total. The molecule has 4 heteroatoms. The Balaban J connectivity index is 1.70. The molecule has 1 aromatic heterocycles. The van der Waals surface area contributed by atoms with Crippen molar-refractivity contribution in [3.63, 3.8) is 0 Å². The molecule has 3 rings (SSSR count). The second-order valence-electron chi connectivity index (χ2n) is 5.40. The van der Waals surface area contributed by atoms with E-state index in [0.717, 1.165) is 31.1 Å². The summed E-state index contributed by atoms with van der Waals surface area (Å²) in [4.78, 5) is 6.48. The van der Waals surface area contributed by atoms with Crippen LogP contribution in [-0.4, -0.2) is 39.7 Å². The fourth-order valence-electron chi connectivity index (χ4n) is 2.74. The molecule has 0 spiro atoms. The Labute approximate surface area is 101 Å². The Kier molecular flexibility index (Phi) is 2.56. The van der Waals surface area contributed by atoms with E-state index in [1.54, 1.807) is 6.20 Å². The lowest BCUT2D eigenvalue weighted by atomic mass is 9.94. The summed E-state index contributed by atoms with van der Waals surface area (Å²) in [5.41, 5.74) is 6.18. The van der Waals surface area contributed by atoms with Crippen LogP contribution in [0, 0.1) is 0 Å². The van der Waals surface area contributed by atoms with Gasteiger partial charge >= 0.3 is 0 Å². The van der Waals surface area contributed by atoms with Gasteiger partial charge in [0.25, 0.3) is 0 Å². The number of hydrogen-bond acceptors (Lipinski definition) is 4. The Bertz CT molecular complexity index is 419. The van der Waals surface area contributed by atoms with Gasteiger partial charge in [0.15, 0.2) is 0 Å². The van der Waals surface area contributed by atoms with Crippen LogP contribution in [0.2, 0.25) is 0 Å². The summed E-state index contributed by atoms with van der Waals surface area (Å²) in [7, 11) is 0. The van der Waals surface area contributed by atoms with E-state index in [4.69, 9.17) is 5.73 Å². The van der Waals surface area contributed by atoms with Crippen LogP contribution in [0.3, 0.4) is 0 Å². The number of rotatable bonds is 3. The SMILES string of the molecule is Nc1ncccc1CC1(O)CCN(C2CC2)C1. The maximum absolute atomic E-state index is 10.6. The first-order valence-corrected chi connectivity index (χ1v) is 6.32. The van der Waals surface area contributed by atoms with E-state index in [0.29, 0.717) is 12.2 Å². The average Bonchev–Trinajstić information content (AvgIpc) is 3.07. The van der Waals surface area contributed by atoms with Crippen LogP contribution in [-0.2, 0) is 6.42 Å². The van der Waals surface area contributed by atoms with E-state index in [1.165, 1.54) is 12.8 Å². The van der Waals surface area contributed by atoms with E-state index in [1.807, 2.05) is 12.1 Å². The highest BCUT2D eigenvalue weighted by molar-refractivity contribution is 5.39. The highest BCUT2D eigenvalue weighted by Crippen LogP contribution is 2.35. The molecule has 1 aliphatic heterocycles. The standard InChI is InChI=1S/C13H19N3O/c14-12-10(2-1-6-15-12)8-13(17)5-7-16(9-13)11-3-4-11/h1-2,6,11,17H,3-5,7-9H2,(H2,14,15). The zero-order valence-corrected chi connectivity index (χ0v) is 9.97. The topological polar surface area (TPSA) is 62.4 Å². The fraction of sp³-hybridized carbons (Fsp3) is 0.615. The van der Waals surface area contributed by atoms with Crippen molar-refractivity contribution in [2.45, 2.75) is 37.3 Å². The van der Waals surface area contributed by atoms with Crippen molar-refractivity contribution in [1.29, 1.82) is 0 Å². The van der Waals surface area contributed by atoms with Gasteiger partial charge in [0.05, 0.1) is 5.60 Å². The molecule has 2 fully saturated rings. The van der Waals surface area contributed by atoms with Gasteiger partial charge in [-0.1, -0.05) is 6.07 Å². The van der Waals surface area contributed by atoms with Gasteiger partial charge in [-0.3, -0.25) is 4.90 Å². The third-order valence-corrected chi connectivity index (χ3v) is 3.87. The molecule has 1 aromatic rings. The van der Waals surface area contributed by atoms with Gasteiger partial charge in [-0.05, 0) is 30.9 Å². The molecule has 1 atom stereocenters. The van der Waals surface area contributed by atoms with Crippen LogP contribution < -0.4 is 5.73 Å². The lowest BCUT2D eigenvalue weighted by Gasteiger charge is -2.24. The number of nitrogen functional groups attached to an aromatic ring is 1. The molecule has 1 saturated carbocycles. The molecule has 92 valence electrons. The third-order valence-electron chi connectivity index (χ3n) is 3.87. The Morgan fingerprint density at radius 1 is 1.53 bits per heavy atom. The van der Waals surface area contributed by atoms with Crippen molar-refractivity contribution >= 4 is 5.82 Å². The Hall–Kier alpha value is -1.13. The zero-order valence-electron chi connectivity index (χ0n) is 9.97. The number of anilines is 1. The van der Waals surface area contributed by atoms with Gasteiger partial charge in [-0.15, -0.1) is 0 Å². The second-order valence-corrected chi connectivity index (χ2v) is 5.40. The monoisotopic (exact) mass is 233 g/mol. The normalized spacial score (nSPS) is 29.7. The minimum absolute atomic E-state index is 0.547. The number of aliphatic hydroxyl groups is 1. The van der Waals surface area contributed by atoms with Crippen molar-refractivity contribution in [1.82, 2.24) is 9.88 Å². The van der Waals surface area contributed by atoms with Crippen LogP contribution >= 0.6 is 0 Å². The second kappa shape index (κ2) is 3.96. The van der Waals surface area contributed by atoms with E-state index >= 15 is 0 Å².